The summed E-state index contributed by atoms with van der Waals surface area (Å²) < 4.78 is 24.6. The largest absolute Gasteiger partial charge is 0.497 e. The van der Waals surface area contributed by atoms with Crippen molar-refractivity contribution in [3.05, 3.63) is 70.5 Å². The highest BCUT2D eigenvalue weighted by Gasteiger charge is 2.17. The summed E-state index contributed by atoms with van der Waals surface area (Å²) in [6, 6.07) is 12.2. The number of pyridine rings is 1. The number of ether oxygens (including phenoxy) is 2. The van der Waals surface area contributed by atoms with Gasteiger partial charge >= 0.3 is 5.97 Å². The lowest BCUT2D eigenvalue weighted by Crippen LogP contribution is -2.03. The molecule has 0 aliphatic carbocycles. The minimum Gasteiger partial charge on any atom is -0.497 e. The normalized spacial score (nSPS) is 10.5. The van der Waals surface area contributed by atoms with E-state index in [2.05, 4.69) is 4.98 Å². The Morgan fingerprint density at radius 2 is 1.93 bits per heavy atom. The number of aromatic carboxylic acids is 1. The molecule has 0 bridgehead atoms. The van der Waals surface area contributed by atoms with Crippen LogP contribution in [0.25, 0.3) is 11.3 Å². The number of nitrogens with zero attached hydrogens (tertiary/aromatic N) is 1. The SMILES string of the molecule is COc1ccc(Oc2nc(-c3ccc(C)c(F)c3)ccc2C(=O)O)c(Cl)c1. The summed E-state index contributed by atoms with van der Waals surface area (Å²) in [6.45, 7) is 1.65. The highest BCUT2D eigenvalue weighted by molar-refractivity contribution is 6.32. The molecule has 0 saturated heterocycles. The summed E-state index contributed by atoms with van der Waals surface area (Å²) in [5.74, 6) is -0.976. The Morgan fingerprint density at radius 1 is 1.15 bits per heavy atom. The van der Waals surface area contributed by atoms with Gasteiger partial charge in [-0.05, 0) is 42.8 Å². The maximum Gasteiger partial charge on any atom is 0.341 e. The highest BCUT2D eigenvalue weighted by Crippen LogP contribution is 2.34. The Bertz CT molecular complexity index is 1020. The zero-order valence-electron chi connectivity index (χ0n) is 14.5. The number of benzene rings is 2. The smallest absolute Gasteiger partial charge is 0.341 e. The monoisotopic (exact) mass is 387 g/mol. The van der Waals surface area contributed by atoms with Gasteiger partial charge in [0.2, 0.25) is 5.88 Å². The molecule has 0 spiro atoms. The van der Waals surface area contributed by atoms with Crippen LogP contribution in [0.1, 0.15) is 15.9 Å². The van der Waals surface area contributed by atoms with Gasteiger partial charge in [0.25, 0.3) is 0 Å². The third kappa shape index (κ3) is 4.01. The van der Waals surface area contributed by atoms with E-state index >= 15 is 0 Å². The third-order valence-electron chi connectivity index (χ3n) is 3.90. The van der Waals surface area contributed by atoms with Crippen LogP contribution in [-0.2, 0) is 0 Å². The average molecular weight is 388 g/mol. The van der Waals surface area contributed by atoms with Crippen LogP contribution in [-0.4, -0.2) is 23.2 Å². The second kappa shape index (κ2) is 7.63. The predicted octanol–water partition coefficient (Wildman–Crippen LogP) is 5.35. The van der Waals surface area contributed by atoms with Crippen LogP contribution in [0.2, 0.25) is 5.02 Å². The molecule has 0 radical (unpaired) electrons. The van der Waals surface area contributed by atoms with E-state index < -0.39 is 5.97 Å². The number of aryl methyl sites for hydroxylation is 1. The van der Waals surface area contributed by atoms with Crippen molar-refractivity contribution in [1.82, 2.24) is 4.98 Å². The predicted molar refractivity (Wildman–Crippen MR) is 99.4 cm³/mol. The first kappa shape index (κ1) is 18.7. The van der Waals surface area contributed by atoms with Crippen molar-refractivity contribution in [3.63, 3.8) is 0 Å². The van der Waals surface area contributed by atoms with Crippen molar-refractivity contribution < 1.29 is 23.8 Å². The molecule has 5 nitrogen and oxygen atoms in total. The van der Waals surface area contributed by atoms with Crippen molar-refractivity contribution in [2.24, 2.45) is 0 Å². The Labute approximate surface area is 160 Å². The number of hydrogen-bond donors (Lipinski definition) is 1. The number of rotatable bonds is 5. The standard InChI is InChI=1S/C20H15ClFNO4/c1-11-3-4-12(9-16(11)22)17-7-6-14(20(24)25)19(23-17)27-18-8-5-13(26-2)10-15(18)21/h3-10H,1-2H3,(H,24,25). The number of aromatic nitrogens is 1. The molecule has 0 unspecified atom stereocenters. The van der Waals surface area contributed by atoms with Gasteiger partial charge in [0.05, 0.1) is 17.8 Å². The molecule has 0 aliphatic rings. The van der Waals surface area contributed by atoms with Gasteiger partial charge in [0.15, 0.2) is 0 Å². The van der Waals surface area contributed by atoms with Gasteiger partial charge in [-0.1, -0.05) is 23.7 Å². The first-order chi connectivity index (χ1) is 12.9. The van der Waals surface area contributed by atoms with Crippen molar-refractivity contribution in [1.29, 1.82) is 0 Å². The fraction of sp³-hybridized carbons (Fsp3) is 0.100. The molecule has 0 atom stereocenters. The summed E-state index contributed by atoms with van der Waals surface area (Å²) in [5.41, 5.74) is 1.24. The molecule has 1 heterocycles. The average Bonchev–Trinajstić information content (AvgIpc) is 2.65. The molecule has 1 aromatic heterocycles. The topological polar surface area (TPSA) is 68.7 Å². The van der Waals surface area contributed by atoms with Crippen molar-refractivity contribution in [3.8, 4) is 28.6 Å². The minimum absolute atomic E-state index is 0.141. The van der Waals surface area contributed by atoms with E-state index in [1.165, 1.54) is 31.4 Å². The Hall–Kier alpha value is -3.12. The molecule has 27 heavy (non-hydrogen) atoms. The summed E-state index contributed by atoms with van der Waals surface area (Å²) in [7, 11) is 1.50. The quantitative estimate of drug-likeness (QED) is 0.639. The molecule has 0 fully saturated rings. The minimum atomic E-state index is -1.20. The van der Waals surface area contributed by atoms with E-state index in [4.69, 9.17) is 21.1 Å². The van der Waals surface area contributed by atoms with Crippen LogP contribution < -0.4 is 9.47 Å². The first-order valence-electron chi connectivity index (χ1n) is 7.91. The fourth-order valence-corrected chi connectivity index (χ4v) is 2.60. The van der Waals surface area contributed by atoms with Gasteiger partial charge in [-0.2, -0.15) is 0 Å². The lowest BCUT2D eigenvalue weighted by Gasteiger charge is -2.12. The molecule has 1 N–H and O–H groups in total. The Kier molecular flexibility index (Phi) is 5.28. The van der Waals surface area contributed by atoms with E-state index in [1.54, 1.807) is 31.2 Å². The van der Waals surface area contributed by atoms with E-state index in [0.29, 0.717) is 22.6 Å². The summed E-state index contributed by atoms with van der Waals surface area (Å²) >= 11 is 6.16. The maximum absolute atomic E-state index is 13.9. The van der Waals surface area contributed by atoms with Gasteiger partial charge in [0, 0.05) is 11.6 Å². The second-order valence-electron chi connectivity index (χ2n) is 5.72. The molecule has 7 heteroatoms. The van der Waals surface area contributed by atoms with Gasteiger partial charge in [-0.25, -0.2) is 14.2 Å². The van der Waals surface area contributed by atoms with E-state index in [1.807, 2.05) is 0 Å². The number of methoxy groups -OCH3 is 1. The molecule has 3 rings (SSSR count). The Balaban J connectivity index is 2.04. The zero-order chi connectivity index (χ0) is 19.6. The molecular formula is C20H15ClFNO4. The van der Waals surface area contributed by atoms with Gasteiger partial charge < -0.3 is 14.6 Å². The van der Waals surface area contributed by atoms with Crippen LogP contribution in [0, 0.1) is 12.7 Å². The zero-order valence-corrected chi connectivity index (χ0v) is 15.2. The second-order valence-corrected chi connectivity index (χ2v) is 6.12. The van der Waals surface area contributed by atoms with Crippen LogP contribution in [0.15, 0.2) is 48.5 Å². The first-order valence-corrected chi connectivity index (χ1v) is 8.29. The molecule has 0 amide bonds. The van der Waals surface area contributed by atoms with Gasteiger partial charge in [0.1, 0.15) is 22.9 Å². The number of carbonyl (C=O) groups is 1. The van der Waals surface area contributed by atoms with Crippen molar-refractivity contribution in [2.75, 3.05) is 7.11 Å². The molecule has 138 valence electrons. The highest BCUT2D eigenvalue weighted by atomic mass is 35.5. The van der Waals surface area contributed by atoms with Gasteiger partial charge in [-0.15, -0.1) is 0 Å². The Morgan fingerprint density at radius 3 is 2.56 bits per heavy atom. The summed E-state index contributed by atoms with van der Waals surface area (Å²) in [4.78, 5) is 15.8. The fourth-order valence-electron chi connectivity index (χ4n) is 2.39. The van der Waals surface area contributed by atoms with E-state index in [0.717, 1.165) is 0 Å². The van der Waals surface area contributed by atoms with Crippen LogP contribution in [0.5, 0.6) is 17.4 Å². The van der Waals surface area contributed by atoms with Crippen LogP contribution >= 0.6 is 11.6 Å². The van der Waals surface area contributed by atoms with E-state index in [9.17, 15) is 14.3 Å². The molecule has 2 aromatic carbocycles. The third-order valence-corrected chi connectivity index (χ3v) is 4.20. The number of carboxylic acids is 1. The molecular weight excluding hydrogens is 373 g/mol. The number of hydrogen-bond acceptors (Lipinski definition) is 4. The number of carboxylic acid groups (broad SMARTS) is 1. The molecule has 3 aromatic rings. The van der Waals surface area contributed by atoms with Crippen LogP contribution in [0.4, 0.5) is 4.39 Å². The molecule has 0 aliphatic heterocycles. The van der Waals surface area contributed by atoms with Crippen LogP contribution in [0.3, 0.4) is 0 Å². The molecule has 0 saturated carbocycles. The van der Waals surface area contributed by atoms with Crippen molar-refractivity contribution in [2.45, 2.75) is 6.92 Å². The van der Waals surface area contributed by atoms with Gasteiger partial charge in [-0.3, -0.25) is 0 Å². The van der Waals surface area contributed by atoms with E-state index in [-0.39, 0.29) is 28.0 Å². The summed E-state index contributed by atoms with van der Waals surface area (Å²) in [5, 5.41) is 9.64. The van der Waals surface area contributed by atoms with Crippen molar-refractivity contribution >= 4 is 17.6 Å². The maximum atomic E-state index is 13.9. The summed E-state index contributed by atoms with van der Waals surface area (Å²) in [6.07, 6.45) is 0. The lowest BCUT2D eigenvalue weighted by atomic mass is 10.1. The number of halogens is 2. The lowest BCUT2D eigenvalue weighted by molar-refractivity contribution is 0.0693.